The molecule has 3 rings (SSSR count). The van der Waals surface area contributed by atoms with Crippen molar-refractivity contribution in [2.45, 2.75) is 13.5 Å². The molecule has 7 heteroatoms. The number of carbonyl (C=O) groups is 1. The van der Waals surface area contributed by atoms with Crippen LogP contribution < -0.4 is 10.1 Å². The summed E-state index contributed by atoms with van der Waals surface area (Å²) in [4.78, 5) is 19.1. The summed E-state index contributed by atoms with van der Waals surface area (Å²) in [5, 5.41) is 10.1. The lowest BCUT2D eigenvalue weighted by atomic mass is 10.2. The predicted molar refractivity (Wildman–Crippen MR) is 77.0 cm³/mol. The van der Waals surface area contributed by atoms with E-state index in [0.29, 0.717) is 24.7 Å². The van der Waals surface area contributed by atoms with Gasteiger partial charge < -0.3 is 15.0 Å². The summed E-state index contributed by atoms with van der Waals surface area (Å²) in [6.07, 6.45) is 1.40. The fourth-order valence-electron chi connectivity index (χ4n) is 2.06. The highest BCUT2D eigenvalue weighted by molar-refractivity contribution is 5.98. The fourth-order valence-corrected chi connectivity index (χ4v) is 2.06. The lowest BCUT2D eigenvalue weighted by molar-refractivity contribution is 0.0946. The normalized spacial score (nSPS) is 10.7. The molecule has 108 valence electrons. The third kappa shape index (κ3) is 2.86. The predicted octanol–water partition coefficient (Wildman–Crippen LogP) is 1.61. The number of amides is 1. The van der Waals surface area contributed by atoms with Crippen LogP contribution in [-0.2, 0) is 6.54 Å². The van der Waals surface area contributed by atoms with Gasteiger partial charge in [0.05, 0.1) is 13.2 Å². The van der Waals surface area contributed by atoms with Crippen molar-refractivity contribution in [2.75, 3.05) is 6.61 Å². The van der Waals surface area contributed by atoms with Gasteiger partial charge in [0.2, 0.25) is 0 Å². The van der Waals surface area contributed by atoms with Gasteiger partial charge in [0.25, 0.3) is 5.91 Å². The molecule has 0 unspecified atom stereocenters. The quantitative estimate of drug-likeness (QED) is 0.663. The van der Waals surface area contributed by atoms with Crippen molar-refractivity contribution in [2.24, 2.45) is 0 Å². The SMILES string of the molecule is CCOc1ccc2cc(C(=O)NCc3ncn[nH]3)[nH]c2c1. The fraction of sp³-hybridized carbons (Fsp3) is 0.214. The van der Waals surface area contributed by atoms with Crippen molar-refractivity contribution in [1.29, 1.82) is 0 Å². The summed E-state index contributed by atoms with van der Waals surface area (Å²) in [6.45, 7) is 2.84. The summed E-state index contributed by atoms with van der Waals surface area (Å²) < 4.78 is 5.44. The average Bonchev–Trinajstić information content (AvgIpc) is 3.13. The summed E-state index contributed by atoms with van der Waals surface area (Å²) in [5.41, 5.74) is 1.36. The molecule has 0 saturated heterocycles. The van der Waals surface area contributed by atoms with Crippen molar-refractivity contribution < 1.29 is 9.53 Å². The summed E-state index contributed by atoms with van der Waals surface area (Å²) in [7, 11) is 0. The Balaban J connectivity index is 1.75. The molecule has 0 aliphatic heterocycles. The molecule has 0 spiro atoms. The van der Waals surface area contributed by atoms with E-state index >= 15 is 0 Å². The topological polar surface area (TPSA) is 95.7 Å². The second kappa shape index (κ2) is 5.66. The Morgan fingerprint density at radius 3 is 3.05 bits per heavy atom. The molecule has 2 aromatic heterocycles. The van der Waals surface area contributed by atoms with E-state index in [9.17, 15) is 4.79 Å². The Bertz CT molecular complexity index is 748. The molecule has 1 aromatic carbocycles. The van der Waals surface area contributed by atoms with Crippen LogP contribution in [0.5, 0.6) is 5.75 Å². The van der Waals surface area contributed by atoms with E-state index in [4.69, 9.17) is 4.74 Å². The zero-order chi connectivity index (χ0) is 14.7. The average molecular weight is 285 g/mol. The number of hydrogen-bond donors (Lipinski definition) is 3. The number of fused-ring (bicyclic) bond motifs is 1. The maximum absolute atomic E-state index is 12.1. The lowest BCUT2D eigenvalue weighted by Gasteiger charge is -2.01. The van der Waals surface area contributed by atoms with E-state index in [1.165, 1.54) is 6.33 Å². The first kappa shape index (κ1) is 13.2. The molecule has 3 N–H and O–H groups in total. The molecule has 1 amide bonds. The van der Waals surface area contributed by atoms with Crippen LogP contribution in [-0.4, -0.2) is 32.7 Å². The first-order chi connectivity index (χ1) is 10.3. The number of nitrogens with one attached hydrogen (secondary N) is 3. The van der Waals surface area contributed by atoms with Gasteiger partial charge in [-0.1, -0.05) is 0 Å². The van der Waals surface area contributed by atoms with Crippen LogP contribution >= 0.6 is 0 Å². The van der Waals surface area contributed by atoms with Crippen LogP contribution in [0.15, 0.2) is 30.6 Å². The third-order valence-electron chi connectivity index (χ3n) is 3.03. The lowest BCUT2D eigenvalue weighted by Crippen LogP contribution is -2.23. The molecule has 0 aliphatic rings. The maximum atomic E-state index is 12.1. The molecular formula is C14H15N5O2. The Morgan fingerprint density at radius 2 is 2.29 bits per heavy atom. The van der Waals surface area contributed by atoms with E-state index in [-0.39, 0.29) is 5.91 Å². The number of carbonyl (C=O) groups excluding carboxylic acids is 1. The largest absolute Gasteiger partial charge is 0.494 e. The van der Waals surface area contributed by atoms with Gasteiger partial charge in [-0.05, 0) is 25.1 Å². The molecular weight excluding hydrogens is 270 g/mol. The third-order valence-corrected chi connectivity index (χ3v) is 3.03. The molecule has 0 aliphatic carbocycles. The van der Waals surface area contributed by atoms with Crippen molar-refractivity contribution in [3.63, 3.8) is 0 Å². The van der Waals surface area contributed by atoms with Gasteiger partial charge in [0.1, 0.15) is 23.6 Å². The monoisotopic (exact) mass is 285 g/mol. The Labute approximate surface area is 120 Å². The molecule has 0 saturated carbocycles. The highest BCUT2D eigenvalue weighted by Gasteiger charge is 2.10. The number of aromatic amines is 2. The second-order valence-electron chi connectivity index (χ2n) is 4.48. The number of aromatic nitrogens is 4. The van der Waals surface area contributed by atoms with E-state index in [1.54, 1.807) is 6.07 Å². The van der Waals surface area contributed by atoms with Gasteiger partial charge in [0, 0.05) is 17.0 Å². The number of rotatable bonds is 5. The van der Waals surface area contributed by atoms with E-state index in [1.807, 2.05) is 25.1 Å². The number of H-pyrrole nitrogens is 2. The first-order valence-corrected chi connectivity index (χ1v) is 6.64. The van der Waals surface area contributed by atoms with Gasteiger partial charge in [0.15, 0.2) is 0 Å². The maximum Gasteiger partial charge on any atom is 0.268 e. The van der Waals surface area contributed by atoms with Gasteiger partial charge in [-0.25, -0.2) is 4.98 Å². The number of benzene rings is 1. The van der Waals surface area contributed by atoms with Crippen LogP contribution in [0.4, 0.5) is 0 Å². The molecule has 0 bridgehead atoms. The zero-order valence-electron chi connectivity index (χ0n) is 11.5. The highest BCUT2D eigenvalue weighted by atomic mass is 16.5. The van der Waals surface area contributed by atoms with E-state index in [2.05, 4.69) is 25.5 Å². The van der Waals surface area contributed by atoms with Gasteiger partial charge in [-0.3, -0.25) is 9.89 Å². The minimum Gasteiger partial charge on any atom is -0.494 e. The van der Waals surface area contributed by atoms with Gasteiger partial charge in [-0.15, -0.1) is 0 Å². The number of nitrogens with zero attached hydrogens (tertiary/aromatic N) is 2. The number of ether oxygens (including phenoxy) is 1. The van der Waals surface area contributed by atoms with Crippen LogP contribution in [0.25, 0.3) is 10.9 Å². The minimum atomic E-state index is -0.194. The summed E-state index contributed by atoms with van der Waals surface area (Å²) in [6, 6.07) is 7.49. The molecule has 3 aromatic rings. The van der Waals surface area contributed by atoms with Crippen LogP contribution in [0, 0.1) is 0 Å². The highest BCUT2D eigenvalue weighted by Crippen LogP contribution is 2.21. The van der Waals surface area contributed by atoms with E-state index < -0.39 is 0 Å². The summed E-state index contributed by atoms with van der Waals surface area (Å²) in [5.74, 6) is 1.19. The first-order valence-electron chi connectivity index (χ1n) is 6.64. The zero-order valence-corrected chi connectivity index (χ0v) is 11.5. The molecule has 2 heterocycles. The van der Waals surface area contributed by atoms with Crippen molar-refractivity contribution in [1.82, 2.24) is 25.5 Å². The summed E-state index contributed by atoms with van der Waals surface area (Å²) >= 11 is 0. The van der Waals surface area contributed by atoms with E-state index in [0.717, 1.165) is 16.7 Å². The Morgan fingerprint density at radius 1 is 1.38 bits per heavy atom. The Kier molecular flexibility index (Phi) is 3.55. The number of hydrogen-bond acceptors (Lipinski definition) is 4. The van der Waals surface area contributed by atoms with Crippen molar-refractivity contribution in [3.05, 3.63) is 42.1 Å². The van der Waals surface area contributed by atoms with Gasteiger partial charge >= 0.3 is 0 Å². The minimum absolute atomic E-state index is 0.194. The van der Waals surface area contributed by atoms with Crippen LogP contribution in [0.2, 0.25) is 0 Å². The van der Waals surface area contributed by atoms with Crippen molar-refractivity contribution in [3.8, 4) is 5.75 Å². The molecule has 0 radical (unpaired) electrons. The Hall–Kier alpha value is -2.83. The standard InChI is InChI=1S/C14H15N5O2/c1-2-21-10-4-3-9-5-12(18-11(9)6-10)14(20)15-7-13-16-8-17-19-13/h3-6,8,18H,2,7H2,1H3,(H,15,20)(H,16,17,19). The van der Waals surface area contributed by atoms with Gasteiger partial charge in [-0.2, -0.15) is 5.10 Å². The smallest absolute Gasteiger partial charge is 0.268 e. The van der Waals surface area contributed by atoms with Crippen molar-refractivity contribution >= 4 is 16.8 Å². The second-order valence-corrected chi connectivity index (χ2v) is 4.48. The molecule has 21 heavy (non-hydrogen) atoms. The van der Waals surface area contributed by atoms with Crippen LogP contribution in [0.3, 0.4) is 0 Å². The molecule has 7 nitrogen and oxygen atoms in total. The molecule has 0 fully saturated rings. The van der Waals surface area contributed by atoms with Crippen LogP contribution in [0.1, 0.15) is 23.2 Å². The molecule has 0 atom stereocenters.